The Hall–Kier alpha value is -5.29. The van der Waals surface area contributed by atoms with Crippen molar-refractivity contribution in [1.82, 2.24) is 0 Å². The lowest BCUT2D eigenvalue weighted by molar-refractivity contribution is -0.140. The van der Waals surface area contributed by atoms with Gasteiger partial charge in [0.05, 0.1) is 6.61 Å². The zero-order chi connectivity index (χ0) is 33.2. The molecule has 8 rings (SSSR count). The second kappa shape index (κ2) is 13.2. The Bertz CT molecular complexity index is 2440. The molecule has 8 aromatic carbocycles. The molecular formula is C42H33ClO4. The average Bonchev–Trinajstić information content (AvgIpc) is 3.09. The number of rotatable bonds is 5. The fourth-order valence-corrected chi connectivity index (χ4v) is 6.19. The van der Waals surface area contributed by atoms with Crippen molar-refractivity contribution in [3.05, 3.63) is 145 Å². The van der Waals surface area contributed by atoms with Crippen LogP contribution in [0.3, 0.4) is 0 Å². The number of aliphatic hydroxyl groups is 1. The van der Waals surface area contributed by atoms with E-state index in [4.69, 9.17) is 16.3 Å². The monoisotopic (exact) mass is 636 g/mol. The first-order valence-electron chi connectivity index (χ1n) is 15.3. The van der Waals surface area contributed by atoms with E-state index in [0.29, 0.717) is 11.1 Å². The molecule has 0 unspecified atom stereocenters. The molecule has 0 atom stereocenters. The van der Waals surface area contributed by atoms with Gasteiger partial charge in [-0.1, -0.05) is 110 Å². The summed E-state index contributed by atoms with van der Waals surface area (Å²) in [6.07, 6.45) is 0. The van der Waals surface area contributed by atoms with Gasteiger partial charge in [-0.05, 0) is 113 Å². The van der Waals surface area contributed by atoms with E-state index in [1.54, 1.807) is 13.8 Å². The van der Waals surface area contributed by atoms with Crippen LogP contribution in [0.2, 0.25) is 0 Å². The van der Waals surface area contributed by atoms with Gasteiger partial charge in [-0.25, -0.2) is 4.79 Å². The predicted octanol–water partition coefficient (Wildman–Crippen LogP) is 10.6. The number of carbonyl (C=O) groups is 2. The largest absolute Gasteiger partial charge is 0.457 e. The molecule has 1 N–H and O–H groups in total. The molecule has 0 fully saturated rings. The number of benzene rings is 8. The van der Waals surface area contributed by atoms with Crippen molar-refractivity contribution in [3.8, 4) is 0 Å². The zero-order valence-electron chi connectivity index (χ0n) is 26.3. The number of esters is 1. The van der Waals surface area contributed by atoms with Crippen LogP contribution >= 0.6 is 11.6 Å². The second-order valence-electron chi connectivity index (χ2n) is 11.7. The summed E-state index contributed by atoms with van der Waals surface area (Å²) >= 11 is 4.87. The summed E-state index contributed by atoms with van der Waals surface area (Å²) in [4.78, 5) is 21.5. The fraction of sp³-hybridized carbons (Fsp3) is 0.0952. The Kier molecular flexibility index (Phi) is 8.91. The number of carbonyl (C=O) groups excluding carboxylic acids is 2. The number of aliphatic hydroxyl groups excluding tert-OH is 1. The van der Waals surface area contributed by atoms with Crippen molar-refractivity contribution in [3.63, 3.8) is 0 Å². The summed E-state index contributed by atoms with van der Waals surface area (Å²) in [6.45, 7) is 10.5. The van der Waals surface area contributed by atoms with E-state index in [9.17, 15) is 14.7 Å². The molecule has 5 heteroatoms. The summed E-state index contributed by atoms with van der Waals surface area (Å²) in [5.41, 5.74) is 2.84. The van der Waals surface area contributed by atoms with Crippen molar-refractivity contribution >= 4 is 87.4 Å². The topological polar surface area (TPSA) is 63.6 Å². The third-order valence-electron chi connectivity index (χ3n) is 8.40. The molecule has 47 heavy (non-hydrogen) atoms. The minimum absolute atomic E-state index is 0.0871. The van der Waals surface area contributed by atoms with Crippen LogP contribution < -0.4 is 0 Å². The van der Waals surface area contributed by atoms with E-state index >= 15 is 0 Å². The first kappa shape index (κ1) is 31.7. The molecule has 8 aromatic rings. The smallest absolute Gasteiger partial charge is 0.333 e. The summed E-state index contributed by atoms with van der Waals surface area (Å²) in [7, 11) is 0. The summed E-state index contributed by atoms with van der Waals surface area (Å²) in [5, 5.41) is 23.8. The van der Waals surface area contributed by atoms with E-state index in [1.807, 2.05) is 6.07 Å². The molecule has 232 valence electrons. The highest BCUT2D eigenvalue weighted by Gasteiger charge is 2.13. The van der Waals surface area contributed by atoms with Gasteiger partial charge >= 0.3 is 5.97 Å². The van der Waals surface area contributed by atoms with Crippen molar-refractivity contribution in [2.75, 3.05) is 0 Å². The fourth-order valence-electron chi connectivity index (χ4n) is 6.19. The van der Waals surface area contributed by atoms with Gasteiger partial charge < -0.3 is 9.84 Å². The van der Waals surface area contributed by atoms with Crippen molar-refractivity contribution in [2.24, 2.45) is 0 Å². The van der Waals surface area contributed by atoms with Gasteiger partial charge in [0.1, 0.15) is 6.61 Å². The maximum Gasteiger partial charge on any atom is 0.333 e. The van der Waals surface area contributed by atoms with Crippen LogP contribution in [0.15, 0.2) is 133 Å². The summed E-state index contributed by atoms with van der Waals surface area (Å²) in [6, 6.07) is 38.0. The minimum Gasteiger partial charge on any atom is -0.457 e. The number of hydrogen-bond donors (Lipinski definition) is 1. The number of ether oxygens (including phenoxy) is 1. The van der Waals surface area contributed by atoms with Crippen LogP contribution in [0, 0.1) is 0 Å². The second-order valence-corrected chi connectivity index (χ2v) is 12.1. The van der Waals surface area contributed by atoms with E-state index < -0.39 is 5.24 Å². The molecule has 0 radical (unpaired) electrons. The highest BCUT2D eigenvalue weighted by Crippen LogP contribution is 2.37. The van der Waals surface area contributed by atoms with Crippen molar-refractivity contribution in [1.29, 1.82) is 0 Å². The number of halogens is 1. The standard InChI is InChI=1S/C21H16O2.C17H12O.C4H5ClO/c1-13(2)21(22)23-12-17-11-16-7-3-5-14-9-10-15-6-4-8-18(17)20(15)19(14)16;18-10-14-9-13-5-1-3-11-7-8-12-4-2-6-15(14)17(12)16(11)13;1-3(2)4(5)6/h3-11H,1,12H2,2H3;1-9,18H,10H2;1H2,2H3. The Labute approximate surface area is 277 Å². The normalized spacial score (nSPS) is 11.1. The highest BCUT2D eigenvalue weighted by atomic mass is 35.5. The average molecular weight is 637 g/mol. The molecule has 0 heterocycles. The minimum atomic E-state index is -0.463. The lowest BCUT2D eigenvalue weighted by Gasteiger charge is -2.14. The van der Waals surface area contributed by atoms with Gasteiger partial charge in [-0.3, -0.25) is 4.79 Å². The van der Waals surface area contributed by atoms with E-state index in [-0.39, 0.29) is 19.2 Å². The first-order valence-corrected chi connectivity index (χ1v) is 15.7. The Morgan fingerprint density at radius 3 is 1.40 bits per heavy atom. The van der Waals surface area contributed by atoms with Gasteiger partial charge in [0.15, 0.2) is 0 Å². The van der Waals surface area contributed by atoms with Crippen LogP contribution in [0.25, 0.3) is 64.6 Å². The quantitative estimate of drug-likeness (QED) is 0.0883. The Morgan fingerprint density at radius 2 is 0.979 bits per heavy atom. The van der Waals surface area contributed by atoms with Crippen LogP contribution in [0.5, 0.6) is 0 Å². The van der Waals surface area contributed by atoms with Crippen molar-refractivity contribution in [2.45, 2.75) is 27.1 Å². The third-order valence-corrected chi connectivity index (χ3v) is 8.72. The lowest BCUT2D eigenvalue weighted by Crippen LogP contribution is -2.05. The lowest BCUT2D eigenvalue weighted by atomic mass is 9.91. The number of allylic oxidation sites excluding steroid dienone is 1. The van der Waals surface area contributed by atoms with Gasteiger partial charge in [-0.15, -0.1) is 0 Å². The highest BCUT2D eigenvalue weighted by molar-refractivity contribution is 6.67. The van der Waals surface area contributed by atoms with Crippen molar-refractivity contribution < 1.29 is 19.4 Å². The van der Waals surface area contributed by atoms with E-state index in [0.717, 1.165) is 16.5 Å². The van der Waals surface area contributed by atoms with Crippen LogP contribution in [0.4, 0.5) is 0 Å². The maximum atomic E-state index is 11.7. The molecule has 0 saturated heterocycles. The SMILES string of the molecule is C=C(C)C(=O)Cl.C=C(C)C(=O)OCc1cc2cccc3ccc4cccc1c4c32.OCc1cc2cccc3ccc4cccc1c4c32. The Morgan fingerprint density at radius 1 is 0.596 bits per heavy atom. The third kappa shape index (κ3) is 6.14. The van der Waals surface area contributed by atoms with E-state index in [2.05, 4.69) is 116 Å². The van der Waals surface area contributed by atoms with Crippen LogP contribution in [0.1, 0.15) is 25.0 Å². The van der Waals surface area contributed by atoms with Crippen LogP contribution in [-0.4, -0.2) is 16.3 Å². The molecule has 0 saturated carbocycles. The maximum absolute atomic E-state index is 11.7. The predicted molar refractivity (Wildman–Crippen MR) is 196 cm³/mol. The van der Waals surface area contributed by atoms with Gasteiger partial charge in [0.2, 0.25) is 5.24 Å². The first-order chi connectivity index (χ1) is 22.7. The molecule has 0 amide bonds. The molecule has 0 bridgehead atoms. The summed E-state index contributed by atoms with van der Waals surface area (Å²) in [5.74, 6) is -0.352. The van der Waals surface area contributed by atoms with Gasteiger partial charge in [0.25, 0.3) is 0 Å². The van der Waals surface area contributed by atoms with Gasteiger partial charge in [0, 0.05) is 11.1 Å². The molecule has 4 nitrogen and oxygen atoms in total. The van der Waals surface area contributed by atoms with Crippen LogP contribution in [-0.2, 0) is 27.5 Å². The molecular weight excluding hydrogens is 604 g/mol. The number of hydrogen-bond acceptors (Lipinski definition) is 4. The molecule has 0 spiro atoms. The molecule has 0 aliphatic heterocycles. The van der Waals surface area contributed by atoms with Gasteiger partial charge in [-0.2, -0.15) is 0 Å². The molecule has 0 aromatic heterocycles. The zero-order valence-corrected chi connectivity index (χ0v) is 27.0. The molecule has 0 aliphatic carbocycles. The summed E-state index contributed by atoms with van der Waals surface area (Å²) < 4.78 is 5.38. The van der Waals surface area contributed by atoms with E-state index in [1.165, 1.54) is 59.2 Å². The molecule has 0 aliphatic rings. The Balaban J connectivity index is 0.000000143.